The van der Waals surface area contributed by atoms with E-state index in [4.69, 9.17) is 16.3 Å². The molecule has 1 aromatic carbocycles. The van der Waals surface area contributed by atoms with Gasteiger partial charge in [0.1, 0.15) is 11.0 Å². The minimum atomic E-state index is -0.751. The Labute approximate surface area is 131 Å². The second-order valence-electron chi connectivity index (χ2n) is 4.29. The maximum Gasteiger partial charge on any atom is 0.341 e. The summed E-state index contributed by atoms with van der Waals surface area (Å²) < 4.78 is 18.2. The molecule has 1 heterocycles. The van der Waals surface area contributed by atoms with E-state index in [2.05, 4.69) is 10.3 Å². The lowest BCUT2D eigenvalue weighted by Gasteiger charge is -2.07. The number of hydrogen-bond acceptors (Lipinski definition) is 4. The molecule has 7 heteroatoms. The van der Waals surface area contributed by atoms with Crippen LogP contribution < -0.4 is 5.32 Å². The van der Waals surface area contributed by atoms with E-state index >= 15 is 0 Å². The Morgan fingerprint density at radius 2 is 2.00 bits per heavy atom. The van der Waals surface area contributed by atoms with Crippen LogP contribution in [0.1, 0.15) is 15.9 Å². The quantitative estimate of drug-likeness (QED) is 0.677. The number of nitrogens with one attached hydrogen (secondary N) is 1. The van der Waals surface area contributed by atoms with Gasteiger partial charge in [-0.1, -0.05) is 29.8 Å². The van der Waals surface area contributed by atoms with Gasteiger partial charge >= 0.3 is 5.97 Å². The molecule has 0 aliphatic heterocycles. The Morgan fingerprint density at radius 3 is 2.73 bits per heavy atom. The molecule has 0 atom stereocenters. The monoisotopic (exact) mass is 322 g/mol. The van der Waals surface area contributed by atoms with Gasteiger partial charge in [-0.25, -0.2) is 14.2 Å². The molecule has 1 N–H and O–H groups in total. The van der Waals surface area contributed by atoms with Crippen LogP contribution >= 0.6 is 11.6 Å². The number of aromatic nitrogens is 1. The highest BCUT2D eigenvalue weighted by Crippen LogP contribution is 2.12. The van der Waals surface area contributed by atoms with E-state index in [1.54, 1.807) is 18.2 Å². The highest BCUT2D eigenvalue weighted by molar-refractivity contribution is 6.32. The Balaban J connectivity index is 1.82. The van der Waals surface area contributed by atoms with Crippen molar-refractivity contribution in [3.05, 3.63) is 64.7 Å². The number of rotatable bonds is 5. The predicted octanol–water partition coefficient (Wildman–Crippen LogP) is 2.35. The Kier molecular flexibility index (Phi) is 5.43. The van der Waals surface area contributed by atoms with Crippen molar-refractivity contribution in [2.45, 2.75) is 6.54 Å². The molecule has 0 bridgehead atoms. The number of ether oxygens (including phenoxy) is 1. The molecule has 114 valence electrons. The van der Waals surface area contributed by atoms with Crippen LogP contribution in [-0.4, -0.2) is 23.5 Å². The van der Waals surface area contributed by atoms with Gasteiger partial charge in [-0.05, 0) is 18.2 Å². The molecule has 0 unspecified atom stereocenters. The number of esters is 1. The van der Waals surface area contributed by atoms with Crippen LogP contribution in [0.5, 0.6) is 0 Å². The van der Waals surface area contributed by atoms with Crippen molar-refractivity contribution >= 4 is 23.5 Å². The average Bonchev–Trinajstić information content (AvgIpc) is 2.52. The smallest absolute Gasteiger partial charge is 0.341 e. The van der Waals surface area contributed by atoms with Gasteiger partial charge in [0, 0.05) is 18.3 Å². The normalized spacial score (nSPS) is 10.1. The number of carbonyl (C=O) groups excluding carboxylic acids is 2. The van der Waals surface area contributed by atoms with Gasteiger partial charge in [0.2, 0.25) is 0 Å². The van der Waals surface area contributed by atoms with Crippen molar-refractivity contribution in [2.75, 3.05) is 6.61 Å². The zero-order chi connectivity index (χ0) is 15.9. The fourth-order valence-corrected chi connectivity index (χ4v) is 1.83. The molecular weight excluding hydrogens is 311 g/mol. The summed E-state index contributed by atoms with van der Waals surface area (Å²) in [6.07, 6.45) is 1.43. The minimum absolute atomic E-state index is 0.000681. The lowest BCUT2D eigenvalue weighted by Crippen LogP contribution is -2.28. The van der Waals surface area contributed by atoms with E-state index in [1.807, 2.05) is 0 Å². The number of pyridine rings is 1. The highest BCUT2D eigenvalue weighted by atomic mass is 35.5. The van der Waals surface area contributed by atoms with E-state index in [1.165, 1.54) is 24.4 Å². The average molecular weight is 323 g/mol. The Bertz CT molecular complexity index is 694. The fourth-order valence-electron chi connectivity index (χ4n) is 1.63. The summed E-state index contributed by atoms with van der Waals surface area (Å²) in [7, 11) is 0. The lowest BCUT2D eigenvalue weighted by molar-refractivity contribution is -0.124. The summed E-state index contributed by atoms with van der Waals surface area (Å²) in [5.41, 5.74) is 0.420. The number of hydrogen-bond donors (Lipinski definition) is 1. The molecule has 0 aliphatic carbocycles. The van der Waals surface area contributed by atoms with E-state index in [0.29, 0.717) is 5.56 Å². The fraction of sp³-hybridized carbons (Fsp3) is 0.133. The first-order chi connectivity index (χ1) is 10.6. The number of benzene rings is 1. The van der Waals surface area contributed by atoms with E-state index in [0.717, 1.165) is 0 Å². The summed E-state index contributed by atoms with van der Waals surface area (Å²) in [5.74, 6) is -1.71. The Hall–Kier alpha value is -2.47. The standard InChI is InChI=1S/C15H12ClFN2O3/c16-14-11(5-3-7-18-14)15(21)22-9-13(20)19-8-10-4-1-2-6-12(10)17/h1-7H,8-9H2,(H,19,20). The van der Waals surface area contributed by atoms with Crippen LogP contribution in [0.25, 0.3) is 0 Å². The summed E-state index contributed by atoms with van der Waals surface area (Å²) in [5, 5.41) is 2.46. The third-order valence-electron chi connectivity index (χ3n) is 2.75. The SMILES string of the molecule is O=C(COC(=O)c1cccnc1Cl)NCc1ccccc1F. The summed E-state index contributed by atoms with van der Waals surface area (Å²) in [4.78, 5) is 27.0. The first-order valence-corrected chi connectivity index (χ1v) is 6.73. The molecule has 0 spiro atoms. The van der Waals surface area contributed by atoms with Crippen LogP contribution in [-0.2, 0) is 16.1 Å². The van der Waals surface area contributed by atoms with Crippen molar-refractivity contribution in [1.29, 1.82) is 0 Å². The summed E-state index contributed by atoms with van der Waals surface area (Å²) in [6.45, 7) is -0.477. The van der Waals surface area contributed by atoms with Gasteiger partial charge in [0.25, 0.3) is 5.91 Å². The molecule has 2 rings (SSSR count). The molecule has 0 radical (unpaired) electrons. The molecule has 22 heavy (non-hydrogen) atoms. The first kappa shape index (κ1) is 15.9. The van der Waals surface area contributed by atoms with Gasteiger partial charge in [-0.3, -0.25) is 4.79 Å². The van der Waals surface area contributed by atoms with Gasteiger partial charge in [-0.2, -0.15) is 0 Å². The lowest BCUT2D eigenvalue weighted by atomic mass is 10.2. The zero-order valence-electron chi connectivity index (χ0n) is 11.4. The molecule has 2 aromatic rings. The van der Waals surface area contributed by atoms with Crippen molar-refractivity contribution in [3.63, 3.8) is 0 Å². The minimum Gasteiger partial charge on any atom is -0.452 e. The van der Waals surface area contributed by atoms with Gasteiger partial charge in [-0.15, -0.1) is 0 Å². The van der Waals surface area contributed by atoms with Crippen LogP contribution in [0.2, 0.25) is 5.15 Å². The maximum absolute atomic E-state index is 13.4. The highest BCUT2D eigenvalue weighted by Gasteiger charge is 2.14. The summed E-state index contributed by atoms with van der Waals surface area (Å²) in [6, 6.07) is 9.04. The number of carbonyl (C=O) groups is 2. The molecule has 0 fully saturated rings. The van der Waals surface area contributed by atoms with Crippen molar-refractivity contribution in [3.8, 4) is 0 Å². The summed E-state index contributed by atoms with van der Waals surface area (Å²) >= 11 is 5.74. The first-order valence-electron chi connectivity index (χ1n) is 6.35. The van der Waals surface area contributed by atoms with E-state index in [9.17, 15) is 14.0 Å². The topological polar surface area (TPSA) is 68.3 Å². The van der Waals surface area contributed by atoms with Crippen LogP contribution in [0, 0.1) is 5.82 Å². The predicted molar refractivity (Wildman–Crippen MR) is 77.8 cm³/mol. The number of amides is 1. The second-order valence-corrected chi connectivity index (χ2v) is 4.64. The van der Waals surface area contributed by atoms with Crippen LogP contribution in [0.15, 0.2) is 42.6 Å². The number of nitrogens with zero attached hydrogens (tertiary/aromatic N) is 1. The largest absolute Gasteiger partial charge is 0.452 e. The van der Waals surface area contributed by atoms with Crippen LogP contribution in [0.4, 0.5) is 4.39 Å². The van der Waals surface area contributed by atoms with Crippen molar-refractivity contribution < 1.29 is 18.7 Å². The van der Waals surface area contributed by atoms with Crippen molar-refractivity contribution in [2.24, 2.45) is 0 Å². The molecule has 0 saturated carbocycles. The molecular formula is C15H12ClFN2O3. The van der Waals surface area contributed by atoms with Crippen molar-refractivity contribution in [1.82, 2.24) is 10.3 Å². The van der Waals surface area contributed by atoms with E-state index < -0.39 is 24.3 Å². The van der Waals surface area contributed by atoms with Gasteiger partial charge < -0.3 is 10.1 Å². The van der Waals surface area contributed by atoms with Gasteiger partial charge in [0.15, 0.2) is 6.61 Å². The molecule has 1 amide bonds. The van der Waals surface area contributed by atoms with E-state index in [-0.39, 0.29) is 17.3 Å². The molecule has 1 aromatic heterocycles. The Morgan fingerprint density at radius 1 is 1.23 bits per heavy atom. The molecule has 5 nitrogen and oxygen atoms in total. The third-order valence-corrected chi connectivity index (χ3v) is 3.05. The van der Waals surface area contributed by atoms with Crippen LogP contribution in [0.3, 0.4) is 0 Å². The molecule has 0 aliphatic rings. The third kappa shape index (κ3) is 4.26. The second kappa shape index (κ2) is 7.51. The maximum atomic E-state index is 13.4. The zero-order valence-corrected chi connectivity index (χ0v) is 12.1. The molecule has 0 saturated heterocycles. The number of halogens is 2. The van der Waals surface area contributed by atoms with Gasteiger partial charge in [0.05, 0.1) is 5.56 Å².